The molecular weight excluding hydrogens is 315 g/mol. The van der Waals surface area contributed by atoms with Gasteiger partial charge in [-0.05, 0) is 28.1 Å². The number of carbonyl (C=O) groups excluding carboxylic acids is 1. The minimum absolute atomic E-state index is 0.0722. The number of carbonyl (C=O) groups is 1. The van der Waals surface area contributed by atoms with Crippen molar-refractivity contribution >= 4 is 22.2 Å². The average molecular weight is 320 g/mol. The highest BCUT2D eigenvalue weighted by Crippen LogP contribution is 2.33. The number of rotatable bonds is 2. The molecular formula is C11H5BrF3NO2. The van der Waals surface area contributed by atoms with E-state index in [0.29, 0.717) is 6.29 Å². The molecule has 0 amide bonds. The zero-order valence-electron chi connectivity index (χ0n) is 8.66. The zero-order valence-corrected chi connectivity index (χ0v) is 10.2. The molecule has 0 atom stereocenters. The fraction of sp³-hybridized carbons (Fsp3) is 0.0909. The first kappa shape index (κ1) is 12.8. The summed E-state index contributed by atoms with van der Waals surface area (Å²) >= 11 is 2.95. The van der Waals surface area contributed by atoms with E-state index in [1.807, 2.05) is 0 Å². The van der Waals surface area contributed by atoms with Crippen LogP contribution in [0.2, 0.25) is 0 Å². The number of aldehydes is 1. The maximum Gasteiger partial charge on any atom is 0.416 e. The van der Waals surface area contributed by atoms with Gasteiger partial charge >= 0.3 is 6.18 Å². The van der Waals surface area contributed by atoms with Crippen molar-refractivity contribution in [2.45, 2.75) is 6.18 Å². The summed E-state index contributed by atoms with van der Waals surface area (Å²) in [5.41, 5.74) is -0.491. The molecule has 2 rings (SSSR count). The highest BCUT2D eigenvalue weighted by molar-refractivity contribution is 9.10. The van der Waals surface area contributed by atoms with Crippen molar-refractivity contribution in [3.8, 4) is 11.3 Å². The van der Waals surface area contributed by atoms with E-state index in [4.69, 9.17) is 4.52 Å². The van der Waals surface area contributed by atoms with E-state index in [0.717, 1.165) is 12.1 Å². The van der Waals surface area contributed by atoms with E-state index in [-0.39, 0.29) is 21.5 Å². The van der Waals surface area contributed by atoms with Gasteiger partial charge in [-0.15, -0.1) is 0 Å². The van der Waals surface area contributed by atoms with Gasteiger partial charge in [0.2, 0.25) is 4.67 Å². The monoisotopic (exact) mass is 319 g/mol. The van der Waals surface area contributed by atoms with Gasteiger partial charge in [-0.25, -0.2) is 0 Å². The molecule has 0 radical (unpaired) electrons. The largest absolute Gasteiger partial charge is 0.416 e. The fourth-order valence-corrected chi connectivity index (χ4v) is 1.78. The Morgan fingerprint density at radius 2 is 2.06 bits per heavy atom. The van der Waals surface area contributed by atoms with Crippen LogP contribution in [-0.4, -0.2) is 11.4 Å². The van der Waals surface area contributed by atoms with Gasteiger partial charge in [0, 0.05) is 5.56 Å². The van der Waals surface area contributed by atoms with Gasteiger partial charge in [-0.2, -0.15) is 13.2 Å². The number of halogens is 4. The van der Waals surface area contributed by atoms with Gasteiger partial charge in [0.15, 0.2) is 6.29 Å². The van der Waals surface area contributed by atoms with Gasteiger partial charge in [0.25, 0.3) is 0 Å². The normalized spacial score (nSPS) is 11.6. The summed E-state index contributed by atoms with van der Waals surface area (Å²) in [6.45, 7) is 0. The Morgan fingerprint density at radius 1 is 1.33 bits per heavy atom. The molecule has 94 valence electrons. The van der Waals surface area contributed by atoms with Gasteiger partial charge < -0.3 is 4.52 Å². The Morgan fingerprint density at radius 3 is 2.67 bits per heavy atom. The Balaban J connectivity index is 2.55. The summed E-state index contributed by atoms with van der Waals surface area (Å²) in [4.78, 5) is 10.8. The molecule has 0 bridgehead atoms. The lowest BCUT2D eigenvalue weighted by atomic mass is 10.1. The molecule has 1 aromatic heterocycles. The lowest BCUT2D eigenvalue weighted by Crippen LogP contribution is -2.04. The smallest absolute Gasteiger partial charge is 0.348 e. The summed E-state index contributed by atoms with van der Waals surface area (Å²) in [7, 11) is 0. The van der Waals surface area contributed by atoms with E-state index in [2.05, 4.69) is 21.1 Å². The molecule has 0 saturated heterocycles. The third kappa shape index (κ3) is 2.31. The molecule has 18 heavy (non-hydrogen) atoms. The van der Waals surface area contributed by atoms with Crippen LogP contribution in [0.25, 0.3) is 11.3 Å². The maximum absolute atomic E-state index is 12.5. The van der Waals surface area contributed by atoms with Crippen LogP contribution in [0.1, 0.15) is 15.9 Å². The SMILES string of the molecule is O=Cc1c(-c2cccc(C(F)(F)F)c2)noc1Br. The predicted molar refractivity (Wildman–Crippen MR) is 60.0 cm³/mol. The molecule has 1 aromatic carbocycles. The van der Waals surface area contributed by atoms with Crippen molar-refractivity contribution in [2.75, 3.05) is 0 Å². The summed E-state index contributed by atoms with van der Waals surface area (Å²) < 4.78 is 42.5. The molecule has 0 aliphatic rings. The second-order valence-corrected chi connectivity index (χ2v) is 4.14. The number of nitrogens with zero attached hydrogens (tertiary/aromatic N) is 1. The molecule has 0 spiro atoms. The number of benzene rings is 1. The van der Waals surface area contributed by atoms with Crippen molar-refractivity contribution in [2.24, 2.45) is 0 Å². The van der Waals surface area contributed by atoms with E-state index >= 15 is 0 Å². The van der Waals surface area contributed by atoms with E-state index < -0.39 is 11.7 Å². The molecule has 0 unspecified atom stereocenters. The van der Waals surface area contributed by atoms with E-state index in [1.54, 1.807) is 0 Å². The molecule has 0 aliphatic carbocycles. The molecule has 0 N–H and O–H groups in total. The van der Waals surface area contributed by atoms with Crippen LogP contribution in [0.3, 0.4) is 0 Å². The van der Waals surface area contributed by atoms with Crippen LogP contribution < -0.4 is 0 Å². The van der Waals surface area contributed by atoms with Crippen LogP contribution in [-0.2, 0) is 6.18 Å². The summed E-state index contributed by atoms with van der Waals surface area (Å²) in [6.07, 6.45) is -3.98. The summed E-state index contributed by atoms with van der Waals surface area (Å²) in [6, 6.07) is 4.53. The number of hydrogen-bond acceptors (Lipinski definition) is 3. The van der Waals surface area contributed by atoms with Crippen LogP contribution in [0, 0.1) is 0 Å². The Labute approximate surface area is 108 Å². The molecule has 3 nitrogen and oxygen atoms in total. The Bertz CT molecular complexity index is 592. The predicted octanol–water partition coefficient (Wildman–Crippen LogP) is 3.94. The highest BCUT2D eigenvalue weighted by Gasteiger charge is 2.31. The zero-order chi connectivity index (χ0) is 13.3. The second kappa shape index (κ2) is 4.56. The number of alkyl halides is 3. The van der Waals surface area contributed by atoms with Crippen molar-refractivity contribution in [1.82, 2.24) is 5.16 Å². The minimum atomic E-state index is -4.45. The third-order valence-corrected chi connectivity index (χ3v) is 2.84. The topological polar surface area (TPSA) is 43.1 Å². The molecule has 0 aliphatic heterocycles. The Kier molecular flexibility index (Phi) is 3.25. The average Bonchev–Trinajstić information content (AvgIpc) is 2.69. The molecule has 1 heterocycles. The quantitative estimate of drug-likeness (QED) is 0.787. The summed E-state index contributed by atoms with van der Waals surface area (Å²) in [5.74, 6) is 0. The van der Waals surface area contributed by atoms with Crippen LogP contribution >= 0.6 is 15.9 Å². The van der Waals surface area contributed by atoms with Crippen molar-refractivity contribution < 1.29 is 22.5 Å². The van der Waals surface area contributed by atoms with E-state index in [1.165, 1.54) is 12.1 Å². The molecule has 2 aromatic rings. The van der Waals surface area contributed by atoms with Gasteiger partial charge in [0.05, 0.1) is 11.1 Å². The fourth-order valence-electron chi connectivity index (χ4n) is 1.43. The highest BCUT2D eigenvalue weighted by atomic mass is 79.9. The van der Waals surface area contributed by atoms with E-state index in [9.17, 15) is 18.0 Å². The molecule has 0 saturated carbocycles. The van der Waals surface area contributed by atoms with Crippen molar-refractivity contribution in [1.29, 1.82) is 0 Å². The van der Waals surface area contributed by atoms with Crippen LogP contribution in [0.5, 0.6) is 0 Å². The maximum atomic E-state index is 12.5. The first-order valence-electron chi connectivity index (χ1n) is 4.71. The lowest BCUT2D eigenvalue weighted by molar-refractivity contribution is -0.137. The Hall–Kier alpha value is -1.63. The van der Waals surface area contributed by atoms with Gasteiger partial charge in [-0.3, -0.25) is 4.79 Å². The molecule has 0 fully saturated rings. The van der Waals surface area contributed by atoms with Gasteiger partial charge in [0.1, 0.15) is 5.69 Å². The second-order valence-electron chi connectivity index (χ2n) is 3.41. The lowest BCUT2D eigenvalue weighted by Gasteiger charge is -2.07. The third-order valence-electron chi connectivity index (χ3n) is 2.27. The van der Waals surface area contributed by atoms with Gasteiger partial charge in [-0.1, -0.05) is 17.3 Å². The minimum Gasteiger partial charge on any atom is -0.348 e. The first-order valence-corrected chi connectivity index (χ1v) is 5.50. The van der Waals surface area contributed by atoms with Crippen LogP contribution in [0.15, 0.2) is 33.5 Å². The molecule has 7 heteroatoms. The van der Waals surface area contributed by atoms with Crippen molar-refractivity contribution in [3.63, 3.8) is 0 Å². The van der Waals surface area contributed by atoms with Crippen LogP contribution in [0.4, 0.5) is 13.2 Å². The standard InChI is InChI=1S/C11H5BrF3NO2/c12-10-8(5-17)9(16-18-10)6-2-1-3-7(4-6)11(13,14)15/h1-5H. The number of hydrogen-bond donors (Lipinski definition) is 0. The van der Waals surface area contributed by atoms with Crippen molar-refractivity contribution in [3.05, 3.63) is 40.1 Å². The first-order chi connectivity index (χ1) is 8.43. The summed E-state index contributed by atoms with van der Waals surface area (Å²) in [5, 5.41) is 3.56. The number of aromatic nitrogens is 1.